The van der Waals surface area contributed by atoms with Crippen LogP contribution in [0, 0.1) is 0 Å². The van der Waals surface area contributed by atoms with Gasteiger partial charge >= 0.3 is 0 Å². The average molecular weight is 190 g/mol. The number of aromatic nitrogens is 1. The topological polar surface area (TPSA) is 51.0 Å². The van der Waals surface area contributed by atoms with Gasteiger partial charge in [-0.1, -0.05) is 12.1 Å². The van der Waals surface area contributed by atoms with Gasteiger partial charge in [0.15, 0.2) is 0 Å². The fourth-order valence-corrected chi connectivity index (χ4v) is 1.43. The SMILES string of the molecule is NCCCOc1c[nH]c2ccccc12. The molecule has 74 valence electrons. The summed E-state index contributed by atoms with van der Waals surface area (Å²) in [6.07, 6.45) is 2.78. The van der Waals surface area contributed by atoms with Crippen LogP contribution in [0.1, 0.15) is 6.42 Å². The first kappa shape index (κ1) is 9.09. The molecule has 2 rings (SSSR count). The third-order valence-electron chi connectivity index (χ3n) is 2.16. The molecular formula is C11H14N2O. The predicted octanol–water partition coefficient (Wildman–Crippen LogP) is 1.90. The van der Waals surface area contributed by atoms with Crippen molar-refractivity contribution in [3.8, 4) is 5.75 Å². The van der Waals surface area contributed by atoms with E-state index in [2.05, 4.69) is 4.98 Å². The molecule has 2 aromatic rings. The van der Waals surface area contributed by atoms with Crippen LogP contribution in [0.25, 0.3) is 10.9 Å². The van der Waals surface area contributed by atoms with E-state index in [4.69, 9.17) is 10.5 Å². The molecule has 0 fully saturated rings. The highest BCUT2D eigenvalue weighted by Gasteiger charge is 2.02. The molecule has 0 unspecified atom stereocenters. The van der Waals surface area contributed by atoms with Gasteiger partial charge in [0.05, 0.1) is 6.61 Å². The number of hydrogen-bond donors (Lipinski definition) is 2. The van der Waals surface area contributed by atoms with Crippen molar-refractivity contribution in [1.82, 2.24) is 4.98 Å². The molecule has 0 saturated heterocycles. The minimum Gasteiger partial charge on any atom is -0.491 e. The fraction of sp³-hybridized carbons (Fsp3) is 0.273. The minimum absolute atomic E-state index is 0.669. The Balaban J connectivity index is 2.17. The fourth-order valence-electron chi connectivity index (χ4n) is 1.43. The number of rotatable bonds is 4. The molecule has 0 aliphatic carbocycles. The van der Waals surface area contributed by atoms with Gasteiger partial charge in [0, 0.05) is 17.1 Å². The maximum atomic E-state index is 5.59. The smallest absolute Gasteiger partial charge is 0.144 e. The molecule has 14 heavy (non-hydrogen) atoms. The Labute approximate surface area is 82.9 Å². The summed E-state index contributed by atoms with van der Waals surface area (Å²) in [6, 6.07) is 8.09. The lowest BCUT2D eigenvalue weighted by Gasteiger charge is -2.02. The second-order valence-electron chi connectivity index (χ2n) is 3.19. The molecule has 3 heteroatoms. The summed E-state index contributed by atoms with van der Waals surface area (Å²) in [6.45, 7) is 1.35. The number of benzene rings is 1. The second-order valence-corrected chi connectivity index (χ2v) is 3.19. The third-order valence-corrected chi connectivity index (χ3v) is 2.16. The molecule has 0 saturated carbocycles. The normalized spacial score (nSPS) is 10.6. The first-order valence-electron chi connectivity index (χ1n) is 4.81. The van der Waals surface area contributed by atoms with E-state index in [1.807, 2.05) is 30.5 Å². The van der Waals surface area contributed by atoms with Crippen molar-refractivity contribution in [3.63, 3.8) is 0 Å². The minimum atomic E-state index is 0.669. The third kappa shape index (κ3) is 1.72. The molecule has 0 bridgehead atoms. The van der Waals surface area contributed by atoms with E-state index in [0.29, 0.717) is 13.2 Å². The van der Waals surface area contributed by atoms with Crippen molar-refractivity contribution >= 4 is 10.9 Å². The molecule has 0 aliphatic rings. The first-order chi connectivity index (χ1) is 6.92. The molecule has 0 atom stereocenters. The molecule has 0 aliphatic heterocycles. The zero-order valence-electron chi connectivity index (χ0n) is 7.99. The van der Waals surface area contributed by atoms with Gasteiger partial charge in [0.25, 0.3) is 0 Å². The van der Waals surface area contributed by atoms with Crippen molar-refractivity contribution in [2.75, 3.05) is 13.2 Å². The summed E-state index contributed by atoms with van der Waals surface area (Å²) >= 11 is 0. The monoisotopic (exact) mass is 190 g/mol. The van der Waals surface area contributed by atoms with Crippen LogP contribution in [0.5, 0.6) is 5.75 Å². The van der Waals surface area contributed by atoms with Gasteiger partial charge < -0.3 is 15.5 Å². The van der Waals surface area contributed by atoms with E-state index in [9.17, 15) is 0 Å². The van der Waals surface area contributed by atoms with Crippen molar-refractivity contribution in [3.05, 3.63) is 30.5 Å². The first-order valence-corrected chi connectivity index (χ1v) is 4.81. The summed E-state index contributed by atoms with van der Waals surface area (Å²) in [5.74, 6) is 0.911. The Morgan fingerprint density at radius 1 is 1.29 bits per heavy atom. The summed E-state index contributed by atoms with van der Waals surface area (Å²) in [4.78, 5) is 3.16. The van der Waals surface area contributed by atoms with E-state index in [-0.39, 0.29) is 0 Å². The Kier molecular flexibility index (Phi) is 2.70. The van der Waals surface area contributed by atoms with Gasteiger partial charge in [0.1, 0.15) is 5.75 Å². The van der Waals surface area contributed by atoms with Crippen LogP contribution < -0.4 is 10.5 Å². The molecule has 3 nitrogen and oxygen atoms in total. The maximum absolute atomic E-state index is 5.59. The zero-order chi connectivity index (χ0) is 9.80. The Bertz CT molecular complexity index is 408. The van der Waals surface area contributed by atoms with Crippen LogP contribution in [0.4, 0.5) is 0 Å². The number of H-pyrrole nitrogens is 1. The standard InChI is InChI=1S/C11H14N2O/c12-6-3-7-14-11-8-13-10-5-2-1-4-9(10)11/h1-2,4-5,8,13H,3,6-7,12H2. The summed E-state index contributed by atoms with van der Waals surface area (Å²) in [5.41, 5.74) is 6.50. The number of nitrogens with one attached hydrogen (secondary N) is 1. The van der Waals surface area contributed by atoms with Crippen LogP contribution >= 0.6 is 0 Å². The average Bonchev–Trinajstić information content (AvgIpc) is 2.63. The lowest BCUT2D eigenvalue weighted by Crippen LogP contribution is -2.05. The van der Waals surface area contributed by atoms with Gasteiger partial charge in [-0.2, -0.15) is 0 Å². The van der Waals surface area contributed by atoms with Gasteiger partial charge in [-0.3, -0.25) is 0 Å². The zero-order valence-corrected chi connectivity index (χ0v) is 7.99. The van der Waals surface area contributed by atoms with Crippen molar-refractivity contribution in [2.45, 2.75) is 6.42 Å². The predicted molar refractivity (Wildman–Crippen MR) is 57.5 cm³/mol. The summed E-state index contributed by atoms with van der Waals surface area (Å²) in [7, 11) is 0. The van der Waals surface area contributed by atoms with Crippen molar-refractivity contribution in [1.29, 1.82) is 0 Å². The quantitative estimate of drug-likeness (QED) is 0.723. The molecule has 1 aromatic heterocycles. The Morgan fingerprint density at radius 3 is 3.00 bits per heavy atom. The van der Waals surface area contributed by atoms with E-state index in [1.54, 1.807) is 0 Å². The van der Waals surface area contributed by atoms with Crippen molar-refractivity contribution in [2.24, 2.45) is 5.73 Å². The van der Waals surface area contributed by atoms with Gasteiger partial charge in [-0.15, -0.1) is 0 Å². The lowest BCUT2D eigenvalue weighted by atomic mass is 10.2. The van der Waals surface area contributed by atoms with Gasteiger partial charge in [0.2, 0.25) is 0 Å². The number of nitrogens with two attached hydrogens (primary N) is 1. The Hall–Kier alpha value is -1.48. The van der Waals surface area contributed by atoms with Crippen LogP contribution in [-0.4, -0.2) is 18.1 Å². The summed E-state index contributed by atoms with van der Waals surface area (Å²) in [5, 5.41) is 1.13. The maximum Gasteiger partial charge on any atom is 0.144 e. The number of para-hydroxylation sites is 1. The molecule has 1 heterocycles. The molecule has 3 N–H and O–H groups in total. The highest BCUT2D eigenvalue weighted by Crippen LogP contribution is 2.24. The summed E-state index contributed by atoms with van der Waals surface area (Å²) < 4.78 is 5.59. The number of hydrogen-bond acceptors (Lipinski definition) is 2. The van der Waals surface area contributed by atoms with Crippen molar-refractivity contribution < 1.29 is 4.74 Å². The van der Waals surface area contributed by atoms with E-state index in [1.165, 1.54) is 0 Å². The van der Waals surface area contributed by atoms with Crippen LogP contribution in [-0.2, 0) is 0 Å². The Morgan fingerprint density at radius 2 is 2.14 bits per heavy atom. The van der Waals surface area contributed by atoms with Gasteiger partial charge in [-0.05, 0) is 25.1 Å². The highest BCUT2D eigenvalue weighted by molar-refractivity contribution is 5.85. The molecule has 0 radical (unpaired) electrons. The molecule has 0 spiro atoms. The second kappa shape index (κ2) is 4.15. The van der Waals surface area contributed by atoms with E-state index in [0.717, 1.165) is 23.1 Å². The van der Waals surface area contributed by atoms with Gasteiger partial charge in [-0.25, -0.2) is 0 Å². The molecular weight excluding hydrogens is 176 g/mol. The van der Waals surface area contributed by atoms with Crippen LogP contribution in [0.2, 0.25) is 0 Å². The number of aromatic amines is 1. The largest absolute Gasteiger partial charge is 0.491 e. The van der Waals surface area contributed by atoms with Crippen LogP contribution in [0.3, 0.4) is 0 Å². The van der Waals surface area contributed by atoms with E-state index < -0.39 is 0 Å². The molecule has 1 aromatic carbocycles. The lowest BCUT2D eigenvalue weighted by molar-refractivity contribution is 0.317. The number of fused-ring (bicyclic) bond motifs is 1. The molecule has 0 amide bonds. The highest BCUT2D eigenvalue weighted by atomic mass is 16.5. The van der Waals surface area contributed by atoms with E-state index >= 15 is 0 Å². The number of ether oxygens (including phenoxy) is 1. The van der Waals surface area contributed by atoms with Crippen LogP contribution in [0.15, 0.2) is 30.5 Å².